The Morgan fingerprint density at radius 1 is 1.05 bits per heavy atom. The molecule has 2 rings (SSSR count). The Labute approximate surface area is 124 Å². The highest BCUT2D eigenvalue weighted by molar-refractivity contribution is 7.98. The van der Waals surface area contributed by atoms with Crippen LogP contribution >= 0.6 is 11.8 Å². The van der Waals surface area contributed by atoms with E-state index in [0.717, 1.165) is 11.3 Å². The van der Waals surface area contributed by atoms with Gasteiger partial charge in [-0.1, -0.05) is 18.2 Å². The summed E-state index contributed by atoms with van der Waals surface area (Å²) in [5.74, 6) is 0.0187. The van der Waals surface area contributed by atoms with Crippen LogP contribution in [0.5, 0.6) is 0 Å². The lowest BCUT2D eigenvalue weighted by Gasteiger charge is -2.07. The Balaban J connectivity index is 1.99. The summed E-state index contributed by atoms with van der Waals surface area (Å²) in [6, 6.07) is 14.0. The van der Waals surface area contributed by atoms with Crippen LogP contribution in [0.4, 0.5) is 5.69 Å². The van der Waals surface area contributed by atoms with Crippen molar-refractivity contribution in [3.8, 4) is 0 Å². The summed E-state index contributed by atoms with van der Waals surface area (Å²) in [6.07, 6.45) is 2.44. The highest BCUT2D eigenvalue weighted by Gasteiger charge is 2.05. The number of rotatable bonds is 4. The number of carbonyl (C=O) groups excluding carboxylic acids is 1. The van der Waals surface area contributed by atoms with Gasteiger partial charge in [-0.3, -0.25) is 4.79 Å². The number of hydrogen-bond donors (Lipinski definition) is 1. The predicted molar refractivity (Wildman–Crippen MR) is 86.5 cm³/mol. The summed E-state index contributed by atoms with van der Waals surface area (Å²) in [7, 11) is 0. The van der Waals surface area contributed by atoms with Crippen molar-refractivity contribution in [2.45, 2.75) is 25.2 Å². The molecule has 0 unspecified atom stereocenters. The standard InChI is InChI=1S/C17H19NOS/c1-12-4-5-14(10-13(12)2)11-17(19)18-15-6-8-16(20-3)9-7-15/h4-10H,11H2,1-3H3,(H,18,19). The maximum atomic E-state index is 12.0. The van der Waals surface area contributed by atoms with Crippen molar-refractivity contribution in [3.63, 3.8) is 0 Å². The van der Waals surface area contributed by atoms with Gasteiger partial charge in [0.2, 0.25) is 5.91 Å². The summed E-state index contributed by atoms with van der Waals surface area (Å²) in [5.41, 5.74) is 4.37. The third-order valence-corrected chi connectivity index (χ3v) is 4.05. The van der Waals surface area contributed by atoms with Crippen molar-refractivity contribution >= 4 is 23.4 Å². The normalized spacial score (nSPS) is 10.3. The van der Waals surface area contributed by atoms with Crippen molar-refractivity contribution in [2.24, 2.45) is 0 Å². The third-order valence-electron chi connectivity index (χ3n) is 3.31. The largest absolute Gasteiger partial charge is 0.326 e. The van der Waals surface area contributed by atoms with E-state index in [1.807, 2.05) is 36.6 Å². The van der Waals surface area contributed by atoms with Crippen LogP contribution in [0.1, 0.15) is 16.7 Å². The molecular formula is C17H19NOS. The number of thioether (sulfide) groups is 1. The van der Waals surface area contributed by atoms with E-state index in [0.29, 0.717) is 6.42 Å². The Bertz CT molecular complexity index is 605. The Morgan fingerprint density at radius 3 is 2.35 bits per heavy atom. The second kappa shape index (κ2) is 6.62. The second-order valence-electron chi connectivity index (χ2n) is 4.87. The average molecular weight is 285 g/mol. The van der Waals surface area contributed by atoms with Gasteiger partial charge in [-0.05, 0) is 61.1 Å². The van der Waals surface area contributed by atoms with Crippen LogP contribution in [0, 0.1) is 13.8 Å². The van der Waals surface area contributed by atoms with Crippen LogP contribution in [0.15, 0.2) is 47.4 Å². The fourth-order valence-electron chi connectivity index (χ4n) is 1.98. The molecule has 0 aliphatic heterocycles. The molecule has 3 heteroatoms. The van der Waals surface area contributed by atoms with Gasteiger partial charge in [0, 0.05) is 10.6 Å². The minimum atomic E-state index is 0.0187. The number of benzene rings is 2. The minimum Gasteiger partial charge on any atom is -0.326 e. The number of amides is 1. The first kappa shape index (κ1) is 14.7. The third kappa shape index (κ3) is 3.87. The first-order valence-electron chi connectivity index (χ1n) is 6.58. The van der Waals surface area contributed by atoms with Gasteiger partial charge in [0.1, 0.15) is 0 Å². The Kier molecular flexibility index (Phi) is 4.85. The number of anilines is 1. The maximum absolute atomic E-state index is 12.0. The summed E-state index contributed by atoms with van der Waals surface area (Å²) in [6.45, 7) is 4.14. The smallest absolute Gasteiger partial charge is 0.228 e. The molecule has 0 aromatic heterocycles. The molecule has 1 N–H and O–H groups in total. The van der Waals surface area contributed by atoms with Crippen molar-refractivity contribution in [2.75, 3.05) is 11.6 Å². The molecule has 0 saturated heterocycles. The average Bonchev–Trinajstić information content (AvgIpc) is 2.44. The molecule has 1 amide bonds. The number of carbonyl (C=O) groups is 1. The first-order chi connectivity index (χ1) is 9.58. The van der Waals surface area contributed by atoms with Crippen molar-refractivity contribution in [3.05, 3.63) is 59.2 Å². The van der Waals surface area contributed by atoms with E-state index >= 15 is 0 Å². The van der Waals surface area contributed by atoms with E-state index in [1.54, 1.807) is 11.8 Å². The van der Waals surface area contributed by atoms with Gasteiger partial charge < -0.3 is 5.32 Å². The molecule has 0 saturated carbocycles. The molecule has 0 aliphatic carbocycles. The van der Waals surface area contributed by atoms with Gasteiger partial charge in [-0.2, -0.15) is 0 Å². The van der Waals surface area contributed by atoms with Gasteiger partial charge in [-0.15, -0.1) is 11.8 Å². The van der Waals surface area contributed by atoms with Gasteiger partial charge in [0.15, 0.2) is 0 Å². The zero-order valence-electron chi connectivity index (χ0n) is 12.1. The highest BCUT2D eigenvalue weighted by atomic mass is 32.2. The first-order valence-corrected chi connectivity index (χ1v) is 7.81. The van der Waals surface area contributed by atoms with Crippen LogP contribution in [0.25, 0.3) is 0 Å². The molecule has 2 aromatic carbocycles. The summed E-state index contributed by atoms with van der Waals surface area (Å²) in [4.78, 5) is 13.2. The Morgan fingerprint density at radius 2 is 1.75 bits per heavy atom. The zero-order valence-corrected chi connectivity index (χ0v) is 12.9. The topological polar surface area (TPSA) is 29.1 Å². The summed E-state index contributed by atoms with van der Waals surface area (Å²) < 4.78 is 0. The van der Waals surface area contributed by atoms with Gasteiger partial charge in [0.05, 0.1) is 6.42 Å². The van der Waals surface area contributed by atoms with Crippen molar-refractivity contribution in [1.82, 2.24) is 0 Å². The fraction of sp³-hybridized carbons (Fsp3) is 0.235. The van der Waals surface area contributed by atoms with E-state index < -0.39 is 0 Å². The number of nitrogens with one attached hydrogen (secondary N) is 1. The SMILES string of the molecule is CSc1ccc(NC(=O)Cc2ccc(C)c(C)c2)cc1. The van der Waals surface area contributed by atoms with Gasteiger partial charge in [0.25, 0.3) is 0 Å². The molecule has 0 heterocycles. The monoisotopic (exact) mass is 285 g/mol. The lowest BCUT2D eigenvalue weighted by molar-refractivity contribution is -0.115. The van der Waals surface area contributed by atoms with E-state index in [-0.39, 0.29) is 5.91 Å². The van der Waals surface area contributed by atoms with Gasteiger partial charge in [-0.25, -0.2) is 0 Å². The summed E-state index contributed by atoms with van der Waals surface area (Å²) in [5, 5.41) is 2.93. The molecule has 0 radical (unpaired) electrons. The van der Waals surface area contributed by atoms with Crippen LogP contribution in [-0.2, 0) is 11.2 Å². The molecule has 0 fully saturated rings. The van der Waals surface area contributed by atoms with E-state index in [4.69, 9.17) is 0 Å². The van der Waals surface area contributed by atoms with Crippen LogP contribution < -0.4 is 5.32 Å². The zero-order chi connectivity index (χ0) is 14.5. The van der Waals surface area contributed by atoms with Crippen LogP contribution in [0.3, 0.4) is 0 Å². The van der Waals surface area contributed by atoms with E-state index in [1.165, 1.54) is 16.0 Å². The minimum absolute atomic E-state index is 0.0187. The van der Waals surface area contributed by atoms with E-state index in [9.17, 15) is 4.79 Å². The van der Waals surface area contributed by atoms with Crippen molar-refractivity contribution < 1.29 is 4.79 Å². The molecule has 0 atom stereocenters. The van der Waals surface area contributed by atoms with Crippen LogP contribution in [0.2, 0.25) is 0 Å². The lowest BCUT2D eigenvalue weighted by atomic mass is 10.0. The fourth-order valence-corrected chi connectivity index (χ4v) is 2.39. The lowest BCUT2D eigenvalue weighted by Crippen LogP contribution is -2.14. The van der Waals surface area contributed by atoms with Crippen LogP contribution in [-0.4, -0.2) is 12.2 Å². The Hall–Kier alpha value is -1.74. The highest BCUT2D eigenvalue weighted by Crippen LogP contribution is 2.18. The molecule has 2 aromatic rings. The molecule has 2 nitrogen and oxygen atoms in total. The number of aryl methyl sites for hydroxylation is 2. The van der Waals surface area contributed by atoms with E-state index in [2.05, 4.69) is 31.3 Å². The second-order valence-corrected chi connectivity index (χ2v) is 5.75. The van der Waals surface area contributed by atoms with Crippen molar-refractivity contribution in [1.29, 1.82) is 0 Å². The number of hydrogen-bond acceptors (Lipinski definition) is 2. The molecular weight excluding hydrogens is 266 g/mol. The summed E-state index contributed by atoms with van der Waals surface area (Å²) >= 11 is 1.69. The predicted octanol–water partition coefficient (Wildman–Crippen LogP) is 4.21. The van der Waals surface area contributed by atoms with Gasteiger partial charge >= 0.3 is 0 Å². The maximum Gasteiger partial charge on any atom is 0.228 e. The quantitative estimate of drug-likeness (QED) is 0.853. The molecule has 0 aliphatic rings. The molecule has 0 bridgehead atoms. The molecule has 0 spiro atoms. The molecule has 104 valence electrons. The molecule has 20 heavy (non-hydrogen) atoms.